The summed E-state index contributed by atoms with van der Waals surface area (Å²) in [4.78, 5) is 4.33. The van der Waals surface area contributed by atoms with Crippen molar-refractivity contribution in [3.8, 4) is 0 Å². The van der Waals surface area contributed by atoms with E-state index in [2.05, 4.69) is 4.98 Å². The first-order chi connectivity index (χ1) is 8.74. The summed E-state index contributed by atoms with van der Waals surface area (Å²) in [5.74, 6) is 0. The maximum Gasteiger partial charge on any atom is 0.204 e. The van der Waals surface area contributed by atoms with Gasteiger partial charge >= 0.3 is 0 Å². The number of imidazole rings is 1. The fourth-order valence-corrected chi connectivity index (χ4v) is 2.24. The van der Waals surface area contributed by atoms with Crippen LogP contribution in [0.3, 0.4) is 0 Å². The van der Waals surface area contributed by atoms with E-state index >= 15 is 0 Å². The van der Waals surface area contributed by atoms with Crippen LogP contribution in [0.15, 0.2) is 48.5 Å². The van der Waals surface area contributed by atoms with E-state index in [9.17, 15) is 0 Å². The van der Waals surface area contributed by atoms with E-state index in [1.165, 1.54) is 0 Å². The van der Waals surface area contributed by atoms with Crippen LogP contribution in [-0.4, -0.2) is 9.55 Å². The van der Waals surface area contributed by atoms with Gasteiger partial charge in [-0.05, 0) is 41.4 Å². The summed E-state index contributed by atoms with van der Waals surface area (Å²) in [7, 11) is 0. The highest BCUT2D eigenvalue weighted by Crippen LogP contribution is 2.21. The number of hydrogen-bond donors (Lipinski definition) is 1. The minimum absolute atomic E-state index is 0.507. The van der Waals surface area contributed by atoms with Gasteiger partial charge in [0.25, 0.3) is 0 Å². The number of rotatable bonds is 2. The lowest BCUT2D eigenvalue weighted by atomic mass is 10.2. The third-order valence-electron chi connectivity index (χ3n) is 2.93. The molecule has 0 radical (unpaired) electrons. The van der Waals surface area contributed by atoms with E-state index in [0.717, 1.165) is 22.3 Å². The van der Waals surface area contributed by atoms with Crippen LogP contribution in [0.1, 0.15) is 5.56 Å². The lowest BCUT2D eigenvalue weighted by molar-refractivity contribution is 0.826. The van der Waals surface area contributed by atoms with Crippen LogP contribution in [0.4, 0.5) is 5.69 Å². The predicted molar refractivity (Wildman–Crippen MR) is 74.7 cm³/mol. The van der Waals surface area contributed by atoms with Gasteiger partial charge in [-0.3, -0.25) is 0 Å². The summed E-state index contributed by atoms with van der Waals surface area (Å²) in [6, 6.07) is 15.7. The molecular formula is C14H12ClN3. The van der Waals surface area contributed by atoms with E-state index in [1.807, 2.05) is 53.1 Å². The zero-order chi connectivity index (χ0) is 12.5. The highest BCUT2D eigenvalue weighted by atomic mass is 35.5. The zero-order valence-corrected chi connectivity index (χ0v) is 10.4. The molecule has 3 rings (SSSR count). The van der Waals surface area contributed by atoms with Crippen molar-refractivity contribution < 1.29 is 0 Å². The average Bonchev–Trinajstić information content (AvgIpc) is 2.69. The third kappa shape index (κ3) is 1.93. The summed E-state index contributed by atoms with van der Waals surface area (Å²) in [5.41, 5.74) is 9.54. The Morgan fingerprint density at radius 1 is 1.06 bits per heavy atom. The van der Waals surface area contributed by atoms with Gasteiger partial charge in [0.15, 0.2) is 0 Å². The molecule has 4 heteroatoms. The standard InChI is InChI=1S/C14H12ClN3/c15-14-17-12-3-1-2-4-13(12)18(14)9-10-5-7-11(16)8-6-10/h1-8H,9,16H2. The normalized spacial score (nSPS) is 10.9. The number of para-hydroxylation sites is 2. The van der Waals surface area contributed by atoms with Gasteiger partial charge in [0.1, 0.15) is 0 Å². The molecule has 0 saturated carbocycles. The van der Waals surface area contributed by atoms with Crippen LogP contribution in [0.2, 0.25) is 5.28 Å². The summed E-state index contributed by atoms with van der Waals surface area (Å²) in [6.07, 6.45) is 0. The first kappa shape index (κ1) is 11.1. The van der Waals surface area contributed by atoms with Gasteiger partial charge in [-0.25, -0.2) is 4.98 Å². The zero-order valence-electron chi connectivity index (χ0n) is 9.68. The van der Waals surface area contributed by atoms with Crippen molar-refractivity contribution >= 4 is 28.3 Å². The van der Waals surface area contributed by atoms with Crippen molar-refractivity contribution in [2.75, 3.05) is 5.73 Å². The maximum atomic E-state index is 6.18. The number of anilines is 1. The molecule has 0 spiro atoms. The Labute approximate surface area is 110 Å². The highest BCUT2D eigenvalue weighted by molar-refractivity contribution is 6.29. The SMILES string of the molecule is Nc1ccc(Cn2c(Cl)nc3ccccc32)cc1. The van der Waals surface area contributed by atoms with Crippen molar-refractivity contribution in [1.82, 2.24) is 9.55 Å². The molecule has 0 saturated heterocycles. The molecule has 1 aromatic heterocycles. The number of halogens is 1. The third-order valence-corrected chi connectivity index (χ3v) is 3.22. The van der Waals surface area contributed by atoms with Gasteiger partial charge < -0.3 is 10.3 Å². The average molecular weight is 258 g/mol. The van der Waals surface area contributed by atoms with Gasteiger partial charge in [-0.15, -0.1) is 0 Å². The molecule has 90 valence electrons. The van der Waals surface area contributed by atoms with E-state index in [1.54, 1.807) is 0 Å². The first-order valence-corrected chi connectivity index (χ1v) is 6.07. The van der Waals surface area contributed by atoms with Crippen LogP contribution in [-0.2, 0) is 6.54 Å². The van der Waals surface area contributed by atoms with Gasteiger partial charge in [0, 0.05) is 5.69 Å². The van der Waals surface area contributed by atoms with Crippen molar-refractivity contribution in [1.29, 1.82) is 0 Å². The largest absolute Gasteiger partial charge is 0.399 e. The van der Waals surface area contributed by atoms with Crippen LogP contribution in [0.5, 0.6) is 0 Å². The van der Waals surface area contributed by atoms with E-state index in [-0.39, 0.29) is 0 Å². The second kappa shape index (κ2) is 4.35. The monoisotopic (exact) mass is 257 g/mol. The molecule has 0 atom stereocenters. The topological polar surface area (TPSA) is 43.8 Å². The van der Waals surface area contributed by atoms with E-state index < -0.39 is 0 Å². The molecule has 3 aromatic rings. The molecule has 0 aliphatic rings. The summed E-state index contributed by atoms with van der Waals surface area (Å²) < 4.78 is 1.99. The second-order valence-electron chi connectivity index (χ2n) is 4.20. The number of benzene rings is 2. The summed E-state index contributed by atoms with van der Waals surface area (Å²) >= 11 is 6.18. The lowest BCUT2D eigenvalue weighted by Gasteiger charge is -2.06. The first-order valence-electron chi connectivity index (χ1n) is 5.69. The van der Waals surface area contributed by atoms with Crippen LogP contribution in [0.25, 0.3) is 11.0 Å². The molecule has 0 bridgehead atoms. The van der Waals surface area contributed by atoms with Crippen molar-refractivity contribution in [2.45, 2.75) is 6.54 Å². The number of nitrogens with zero attached hydrogens (tertiary/aromatic N) is 2. The van der Waals surface area contributed by atoms with Crippen molar-refractivity contribution in [2.24, 2.45) is 0 Å². The molecule has 0 aliphatic heterocycles. The van der Waals surface area contributed by atoms with Gasteiger partial charge in [-0.2, -0.15) is 0 Å². The molecular weight excluding hydrogens is 246 g/mol. The van der Waals surface area contributed by atoms with Crippen molar-refractivity contribution in [3.63, 3.8) is 0 Å². The van der Waals surface area contributed by atoms with Gasteiger partial charge in [0.2, 0.25) is 5.28 Å². The Morgan fingerprint density at radius 2 is 1.78 bits per heavy atom. The van der Waals surface area contributed by atoms with Crippen LogP contribution >= 0.6 is 11.6 Å². The predicted octanol–water partition coefficient (Wildman–Crippen LogP) is 3.32. The Balaban J connectivity index is 2.04. The Morgan fingerprint density at radius 3 is 2.56 bits per heavy atom. The number of fused-ring (bicyclic) bond motifs is 1. The fourth-order valence-electron chi connectivity index (χ4n) is 2.00. The number of nitrogen functional groups attached to an aromatic ring is 1. The molecule has 18 heavy (non-hydrogen) atoms. The molecule has 2 aromatic carbocycles. The molecule has 0 amide bonds. The van der Waals surface area contributed by atoms with Gasteiger partial charge in [-0.1, -0.05) is 24.3 Å². The lowest BCUT2D eigenvalue weighted by Crippen LogP contribution is -1.99. The maximum absolute atomic E-state index is 6.18. The Kier molecular flexibility index (Phi) is 2.68. The molecule has 0 aliphatic carbocycles. The second-order valence-corrected chi connectivity index (χ2v) is 4.54. The van der Waals surface area contributed by atoms with E-state index in [4.69, 9.17) is 17.3 Å². The van der Waals surface area contributed by atoms with Crippen molar-refractivity contribution in [3.05, 3.63) is 59.4 Å². The molecule has 0 unspecified atom stereocenters. The number of nitrogens with two attached hydrogens (primary N) is 1. The Bertz CT molecular complexity index is 686. The summed E-state index contributed by atoms with van der Waals surface area (Å²) in [6.45, 7) is 0.694. The highest BCUT2D eigenvalue weighted by Gasteiger charge is 2.08. The number of aromatic nitrogens is 2. The van der Waals surface area contributed by atoms with Crippen LogP contribution < -0.4 is 5.73 Å². The van der Waals surface area contributed by atoms with E-state index in [0.29, 0.717) is 11.8 Å². The molecule has 0 fully saturated rings. The minimum Gasteiger partial charge on any atom is -0.399 e. The van der Waals surface area contributed by atoms with Gasteiger partial charge in [0.05, 0.1) is 17.6 Å². The smallest absolute Gasteiger partial charge is 0.204 e. The quantitative estimate of drug-likeness (QED) is 0.716. The molecule has 2 N–H and O–H groups in total. The Hall–Kier alpha value is -2.00. The minimum atomic E-state index is 0.507. The van der Waals surface area contributed by atoms with Crippen LogP contribution in [0, 0.1) is 0 Å². The molecule has 1 heterocycles. The summed E-state index contributed by atoms with van der Waals surface area (Å²) in [5, 5.41) is 0.507. The molecule has 3 nitrogen and oxygen atoms in total. The number of hydrogen-bond acceptors (Lipinski definition) is 2. The fraction of sp³-hybridized carbons (Fsp3) is 0.0714.